The van der Waals surface area contributed by atoms with E-state index in [0.717, 1.165) is 44.7 Å². The number of nitrogens with one attached hydrogen (secondary N) is 2. The van der Waals surface area contributed by atoms with E-state index < -0.39 is 0 Å². The van der Waals surface area contributed by atoms with E-state index in [4.69, 9.17) is 4.74 Å². The Morgan fingerprint density at radius 1 is 1.42 bits per heavy atom. The number of anilines is 1. The molecule has 2 N–H and O–H groups in total. The molecule has 0 saturated carbocycles. The van der Waals surface area contributed by atoms with E-state index in [1.165, 1.54) is 11.9 Å². The van der Waals surface area contributed by atoms with Gasteiger partial charge >= 0.3 is 0 Å². The molecule has 0 amide bonds. The lowest BCUT2D eigenvalue weighted by Gasteiger charge is -2.14. The van der Waals surface area contributed by atoms with Crippen LogP contribution in [0.15, 0.2) is 24.0 Å². The van der Waals surface area contributed by atoms with Gasteiger partial charge in [-0.1, -0.05) is 18.6 Å². The van der Waals surface area contributed by atoms with Crippen molar-refractivity contribution in [2.45, 2.75) is 26.2 Å². The molecule has 5 nitrogen and oxygen atoms in total. The van der Waals surface area contributed by atoms with Crippen molar-refractivity contribution in [2.75, 3.05) is 31.6 Å². The van der Waals surface area contributed by atoms with E-state index in [-0.39, 0.29) is 0 Å². The van der Waals surface area contributed by atoms with Crippen LogP contribution in [-0.2, 0) is 0 Å². The third-order valence-electron chi connectivity index (χ3n) is 3.01. The summed E-state index contributed by atoms with van der Waals surface area (Å²) in [4.78, 5) is 8.28. The van der Waals surface area contributed by atoms with Crippen molar-refractivity contribution in [1.29, 1.82) is 0 Å². The standard InChI is InChI=1S/C14H22N4O/c1-2-9-19-14-10-13(17-11-18-14)16-8-5-12-3-6-15-7-4-12/h3,10-11,15H,2,4-9H2,1H3,(H,16,17,18). The Morgan fingerprint density at radius 3 is 3.16 bits per heavy atom. The number of aromatic nitrogens is 2. The van der Waals surface area contributed by atoms with E-state index in [2.05, 4.69) is 33.6 Å². The zero-order chi connectivity index (χ0) is 13.3. The van der Waals surface area contributed by atoms with Crippen molar-refractivity contribution in [3.8, 4) is 5.88 Å². The first-order valence-electron chi connectivity index (χ1n) is 6.96. The minimum atomic E-state index is 0.639. The fourth-order valence-electron chi connectivity index (χ4n) is 1.97. The highest BCUT2D eigenvalue weighted by atomic mass is 16.5. The third-order valence-corrected chi connectivity index (χ3v) is 3.01. The Kier molecular flexibility index (Phi) is 5.62. The van der Waals surface area contributed by atoms with Gasteiger partial charge in [0.05, 0.1) is 6.61 Å². The van der Waals surface area contributed by atoms with Crippen LogP contribution in [0.3, 0.4) is 0 Å². The van der Waals surface area contributed by atoms with Crippen LogP contribution in [0.25, 0.3) is 0 Å². The maximum absolute atomic E-state index is 5.48. The van der Waals surface area contributed by atoms with Crippen molar-refractivity contribution in [3.05, 3.63) is 24.0 Å². The Balaban J connectivity index is 1.77. The summed E-state index contributed by atoms with van der Waals surface area (Å²) in [5.41, 5.74) is 1.52. The third kappa shape index (κ3) is 4.87. The summed E-state index contributed by atoms with van der Waals surface area (Å²) in [6.45, 7) is 5.76. The minimum Gasteiger partial charge on any atom is -0.478 e. The molecule has 0 bridgehead atoms. The monoisotopic (exact) mass is 262 g/mol. The van der Waals surface area contributed by atoms with Crippen LogP contribution in [0.1, 0.15) is 26.2 Å². The molecule has 0 unspecified atom stereocenters. The highest BCUT2D eigenvalue weighted by Crippen LogP contribution is 2.13. The predicted molar refractivity (Wildman–Crippen MR) is 76.5 cm³/mol. The Labute approximate surface area is 114 Å². The van der Waals surface area contributed by atoms with Crippen LogP contribution in [0, 0.1) is 0 Å². The highest BCUT2D eigenvalue weighted by Gasteiger charge is 2.03. The Hall–Kier alpha value is -1.62. The fourth-order valence-corrected chi connectivity index (χ4v) is 1.97. The molecule has 19 heavy (non-hydrogen) atoms. The molecular weight excluding hydrogens is 240 g/mol. The average Bonchev–Trinajstić information content (AvgIpc) is 2.47. The first-order valence-corrected chi connectivity index (χ1v) is 6.96. The second kappa shape index (κ2) is 7.74. The topological polar surface area (TPSA) is 59.1 Å². The Morgan fingerprint density at radius 2 is 2.37 bits per heavy atom. The molecule has 1 aromatic heterocycles. The summed E-state index contributed by atoms with van der Waals surface area (Å²) in [6, 6.07) is 1.85. The number of ether oxygens (including phenoxy) is 1. The van der Waals surface area contributed by atoms with Crippen LogP contribution in [0.5, 0.6) is 5.88 Å². The van der Waals surface area contributed by atoms with E-state index >= 15 is 0 Å². The molecule has 1 aliphatic rings. The first-order chi connectivity index (χ1) is 9.38. The van der Waals surface area contributed by atoms with Gasteiger partial charge in [0.2, 0.25) is 5.88 Å². The number of hydrogen-bond acceptors (Lipinski definition) is 5. The summed E-state index contributed by atoms with van der Waals surface area (Å²) < 4.78 is 5.48. The van der Waals surface area contributed by atoms with Crippen LogP contribution in [0.2, 0.25) is 0 Å². The molecule has 0 saturated heterocycles. The summed E-state index contributed by atoms with van der Waals surface area (Å²) in [6.07, 6.45) is 7.01. The second-order valence-corrected chi connectivity index (χ2v) is 4.58. The summed E-state index contributed by atoms with van der Waals surface area (Å²) in [5.74, 6) is 1.47. The quantitative estimate of drug-likeness (QED) is 0.736. The average molecular weight is 262 g/mol. The number of nitrogens with zero attached hydrogens (tertiary/aromatic N) is 2. The summed E-state index contributed by atoms with van der Waals surface area (Å²) in [5, 5.41) is 6.63. The van der Waals surface area contributed by atoms with Crippen molar-refractivity contribution < 1.29 is 4.74 Å². The van der Waals surface area contributed by atoms with Crippen molar-refractivity contribution in [3.63, 3.8) is 0 Å². The molecule has 104 valence electrons. The van der Waals surface area contributed by atoms with Gasteiger partial charge in [0.25, 0.3) is 0 Å². The van der Waals surface area contributed by atoms with Gasteiger partial charge in [-0.3, -0.25) is 0 Å². The van der Waals surface area contributed by atoms with Crippen LogP contribution >= 0.6 is 0 Å². The largest absolute Gasteiger partial charge is 0.478 e. The van der Waals surface area contributed by atoms with Gasteiger partial charge < -0.3 is 15.4 Å². The molecule has 1 aromatic rings. The summed E-state index contributed by atoms with van der Waals surface area (Å²) >= 11 is 0. The lowest BCUT2D eigenvalue weighted by molar-refractivity contribution is 0.305. The zero-order valence-corrected chi connectivity index (χ0v) is 11.5. The molecule has 0 spiro atoms. The molecule has 0 radical (unpaired) electrons. The van der Waals surface area contributed by atoms with Gasteiger partial charge in [0.15, 0.2) is 0 Å². The SMILES string of the molecule is CCCOc1cc(NCCC2=CCNCC2)ncn1. The van der Waals surface area contributed by atoms with Crippen molar-refractivity contribution in [2.24, 2.45) is 0 Å². The Bertz CT molecular complexity index is 420. The van der Waals surface area contributed by atoms with Gasteiger partial charge in [-0.05, 0) is 25.8 Å². The second-order valence-electron chi connectivity index (χ2n) is 4.58. The maximum atomic E-state index is 5.48. The smallest absolute Gasteiger partial charge is 0.218 e. The molecule has 1 aliphatic heterocycles. The van der Waals surface area contributed by atoms with Crippen molar-refractivity contribution in [1.82, 2.24) is 15.3 Å². The lowest BCUT2D eigenvalue weighted by atomic mass is 10.1. The summed E-state index contributed by atoms with van der Waals surface area (Å²) in [7, 11) is 0. The molecule has 0 aromatic carbocycles. The molecule has 5 heteroatoms. The van der Waals surface area contributed by atoms with Gasteiger partial charge in [-0.2, -0.15) is 0 Å². The van der Waals surface area contributed by atoms with Crippen molar-refractivity contribution >= 4 is 5.82 Å². The molecule has 0 fully saturated rings. The fraction of sp³-hybridized carbons (Fsp3) is 0.571. The zero-order valence-electron chi connectivity index (χ0n) is 11.5. The molecular formula is C14H22N4O. The predicted octanol–water partition coefficient (Wildman–Crippen LogP) is 1.99. The van der Waals surface area contributed by atoms with E-state index in [1.54, 1.807) is 0 Å². The number of rotatable bonds is 7. The van der Waals surface area contributed by atoms with Gasteiger partial charge in [0.1, 0.15) is 12.1 Å². The molecule has 2 heterocycles. The van der Waals surface area contributed by atoms with Crippen LogP contribution in [0.4, 0.5) is 5.82 Å². The minimum absolute atomic E-state index is 0.639. The molecule has 2 rings (SSSR count). The highest BCUT2D eigenvalue weighted by molar-refractivity contribution is 5.37. The van der Waals surface area contributed by atoms with E-state index in [1.807, 2.05) is 6.07 Å². The van der Waals surface area contributed by atoms with Gasteiger partial charge in [-0.25, -0.2) is 9.97 Å². The van der Waals surface area contributed by atoms with E-state index in [9.17, 15) is 0 Å². The number of hydrogen-bond donors (Lipinski definition) is 2. The van der Waals surface area contributed by atoms with Gasteiger partial charge in [0, 0.05) is 19.2 Å². The van der Waals surface area contributed by atoms with E-state index in [0.29, 0.717) is 12.5 Å². The van der Waals surface area contributed by atoms with Crippen LogP contribution in [-0.4, -0.2) is 36.2 Å². The molecule has 0 atom stereocenters. The lowest BCUT2D eigenvalue weighted by Crippen LogP contribution is -2.21. The van der Waals surface area contributed by atoms with Crippen LogP contribution < -0.4 is 15.4 Å². The first kappa shape index (κ1) is 13.8. The molecule has 0 aliphatic carbocycles. The normalized spacial score (nSPS) is 14.9. The van der Waals surface area contributed by atoms with Gasteiger partial charge in [-0.15, -0.1) is 0 Å². The maximum Gasteiger partial charge on any atom is 0.218 e.